The number of hydrogen-bond acceptors (Lipinski definition) is 14. The van der Waals surface area contributed by atoms with Crippen LogP contribution < -0.4 is 0 Å². The fraction of sp³-hybridized carbons (Fsp3) is 0.675. The van der Waals surface area contributed by atoms with Gasteiger partial charge in [0, 0.05) is 19.3 Å². The zero-order valence-electron chi connectivity index (χ0n) is 59.0. The standard InChI is InChI=1S/C77H130O16P2/c1-4-7-10-13-16-19-22-25-28-30-32-34-35-37-39-40-43-45-48-51-54-57-60-63-75(80)87-66-72(78)67-89-94(83,84)90-68-73(79)69-91-95(85,86)92-71-74(93-77(82)65-62-59-56-53-50-47-42-27-24-21-18-15-12-9-6-3)70-88-76(81)64-61-58-55-52-49-46-44-41-38-36-33-31-29-26-23-20-17-14-11-8-5-2/h8,11,16-17,19-20,25-29,32-34,36-37,39,41-42,44,49,52,72-74,78-79H,4-7,9-10,12-15,18,21-24,30-31,35,38,40,43,45-48,50-51,53-71H2,1-3H3,(H,83,84)(H,85,86)/b11-8-,19-16-,20-17-,28-25-,29-26-,34-32-,36-33-,39-37-,42-27-,44-41-,52-49-. The summed E-state index contributed by atoms with van der Waals surface area (Å²) in [4.78, 5) is 58.5. The topological polar surface area (TPSA) is 231 Å². The number of aliphatic hydroxyl groups is 2. The van der Waals surface area contributed by atoms with E-state index in [4.69, 9.17) is 32.3 Å². The second-order valence-electron chi connectivity index (χ2n) is 24.0. The third kappa shape index (κ3) is 70.8. The van der Waals surface area contributed by atoms with E-state index < -0.39 is 91.5 Å². The monoisotopic (exact) mass is 1370 g/mol. The van der Waals surface area contributed by atoms with Gasteiger partial charge in [-0.25, -0.2) is 9.13 Å². The highest BCUT2D eigenvalue weighted by Gasteiger charge is 2.29. The van der Waals surface area contributed by atoms with Crippen molar-refractivity contribution in [3.05, 3.63) is 134 Å². The number of rotatable bonds is 68. The zero-order chi connectivity index (χ0) is 69.5. The van der Waals surface area contributed by atoms with E-state index in [0.29, 0.717) is 19.3 Å². The van der Waals surface area contributed by atoms with Crippen molar-refractivity contribution in [3.63, 3.8) is 0 Å². The van der Waals surface area contributed by atoms with E-state index in [1.54, 1.807) is 0 Å². The second-order valence-corrected chi connectivity index (χ2v) is 26.9. The number of carbonyl (C=O) groups excluding carboxylic acids is 3. The Labute approximate surface area is 575 Å². The van der Waals surface area contributed by atoms with Crippen molar-refractivity contribution in [2.45, 2.75) is 296 Å². The molecule has 5 atom stereocenters. The minimum absolute atomic E-state index is 0.0810. The smallest absolute Gasteiger partial charge is 0.463 e. The molecule has 0 radical (unpaired) electrons. The summed E-state index contributed by atoms with van der Waals surface area (Å²) in [6, 6.07) is 0. The molecule has 16 nitrogen and oxygen atoms in total. The number of phosphoric acid groups is 2. The van der Waals surface area contributed by atoms with Gasteiger partial charge in [-0.3, -0.25) is 32.5 Å². The highest BCUT2D eigenvalue weighted by molar-refractivity contribution is 7.47. The Bertz CT molecular complexity index is 2260. The van der Waals surface area contributed by atoms with Crippen LogP contribution in [0.3, 0.4) is 0 Å². The van der Waals surface area contributed by atoms with Gasteiger partial charge in [-0.1, -0.05) is 251 Å². The van der Waals surface area contributed by atoms with Gasteiger partial charge in [0.2, 0.25) is 0 Å². The Hall–Kier alpha value is -4.31. The lowest BCUT2D eigenvalue weighted by Crippen LogP contribution is -2.30. The normalized spacial score (nSPS) is 14.9. The molecule has 0 bridgehead atoms. The highest BCUT2D eigenvalue weighted by Crippen LogP contribution is 2.45. The summed E-state index contributed by atoms with van der Waals surface area (Å²) in [5.41, 5.74) is 0. The molecule has 0 rings (SSSR count). The summed E-state index contributed by atoms with van der Waals surface area (Å²) in [7, 11) is -9.81. The molecule has 5 unspecified atom stereocenters. The summed E-state index contributed by atoms with van der Waals surface area (Å²) in [5, 5.41) is 20.6. The lowest BCUT2D eigenvalue weighted by molar-refractivity contribution is -0.161. The molecular formula is C77H130O16P2. The summed E-state index contributed by atoms with van der Waals surface area (Å²) in [6.45, 7) is 2.45. The van der Waals surface area contributed by atoms with Crippen molar-refractivity contribution < 1.29 is 75.8 Å². The van der Waals surface area contributed by atoms with Crippen LogP contribution in [0.5, 0.6) is 0 Å². The maximum atomic E-state index is 12.9. The molecule has 0 aromatic carbocycles. The molecule has 544 valence electrons. The summed E-state index contributed by atoms with van der Waals surface area (Å²) in [6.07, 6.45) is 82.1. The van der Waals surface area contributed by atoms with Gasteiger partial charge in [0.1, 0.15) is 25.4 Å². The molecule has 18 heteroatoms. The maximum absolute atomic E-state index is 12.9. The first-order valence-corrected chi connectivity index (χ1v) is 39.5. The van der Waals surface area contributed by atoms with Crippen LogP contribution >= 0.6 is 15.6 Å². The Morgan fingerprint density at radius 3 is 0.937 bits per heavy atom. The van der Waals surface area contributed by atoms with Crippen LogP contribution in [0, 0.1) is 0 Å². The Morgan fingerprint density at radius 1 is 0.305 bits per heavy atom. The quantitative estimate of drug-likeness (QED) is 0.0146. The molecule has 95 heavy (non-hydrogen) atoms. The average molecular weight is 1370 g/mol. The Kier molecular flexibility index (Phi) is 66.4. The van der Waals surface area contributed by atoms with Crippen LogP contribution in [0.4, 0.5) is 0 Å². The predicted octanol–water partition coefficient (Wildman–Crippen LogP) is 20.8. The number of hydrogen-bond donors (Lipinski definition) is 4. The minimum atomic E-state index is -4.94. The second kappa shape index (κ2) is 69.6. The van der Waals surface area contributed by atoms with Gasteiger partial charge >= 0.3 is 33.6 Å². The van der Waals surface area contributed by atoms with E-state index in [1.165, 1.54) is 64.2 Å². The number of unbranched alkanes of at least 4 members (excludes halogenated alkanes) is 23. The van der Waals surface area contributed by atoms with Crippen LogP contribution in [0.25, 0.3) is 0 Å². The molecule has 0 aromatic rings. The molecule has 0 aliphatic heterocycles. The summed E-state index contributed by atoms with van der Waals surface area (Å²) < 4.78 is 60.9. The van der Waals surface area contributed by atoms with Crippen LogP contribution in [-0.2, 0) is 55.8 Å². The van der Waals surface area contributed by atoms with Crippen molar-refractivity contribution in [1.82, 2.24) is 0 Å². The van der Waals surface area contributed by atoms with Crippen molar-refractivity contribution in [2.24, 2.45) is 0 Å². The lowest BCUT2D eigenvalue weighted by atomic mass is 10.1. The van der Waals surface area contributed by atoms with E-state index in [2.05, 4.69) is 154 Å². The van der Waals surface area contributed by atoms with Crippen molar-refractivity contribution in [3.8, 4) is 0 Å². The van der Waals surface area contributed by atoms with Crippen LogP contribution in [-0.4, -0.2) is 95.9 Å². The minimum Gasteiger partial charge on any atom is -0.463 e. The van der Waals surface area contributed by atoms with E-state index in [1.807, 2.05) is 0 Å². The summed E-state index contributed by atoms with van der Waals surface area (Å²) >= 11 is 0. The van der Waals surface area contributed by atoms with Crippen molar-refractivity contribution >= 4 is 33.6 Å². The molecule has 0 aliphatic rings. The zero-order valence-corrected chi connectivity index (χ0v) is 60.8. The molecule has 0 heterocycles. The van der Waals surface area contributed by atoms with Gasteiger partial charge < -0.3 is 34.2 Å². The van der Waals surface area contributed by atoms with E-state index in [-0.39, 0.29) is 19.3 Å². The van der Waals surface area contributed by atoms with Gasteiger partial charge in [-0.2, -0.15) is 0 Å². The van der Waals surface area contributed by atoms with Gasteiger partial charge in [0.15, 0.2) is 6.10 Å². The average Bonchev–Trinajstić information content (AvgIpc) is 2.15. The summed E-state index contributed by atoms with van der Waals surface area (Å²) in [5.74, 6) is -1.65. The number of aliphatic hydroxyl groups excluding tert-OH is 2. The first kappa shape index (κ1) is 90.7. The number of allylic oxidation sites excluding steroid dienone is 22. The fourth-order valence-electron chi connectivity index (χ4n) is 9.26. The van der Waals surface area contributed by atoms with E-state index >= 15 is 0 Å². The number of esters is 3. The molecule has 4 N–H and O–H groups in total. The first-order valence-electron chi connectivity index (χ1n) is 36.5. The predicted molar refractivity (Wildman–Crippen MR) is 390 cm³/mol. The molecule has 0 fully saturated rings. The number of phosphoric ester groups is 2. The van der Waals surface area contributed by atoms with Crippen LogP contribution in [0.2, 0.25) is 0 Å². The molecule has 0 spiro atoms. The largest absolute Gasteiger partial charge is 0.472 e. The molecule has 0 aromatic heterocycles. The van der Waals surface area contributed by atoms with Crippen LogP contribution in [0.15, 0.2) is 134 Å². The van der Waals surface area contributed by atoms with Gasteiger partial charge in [0.25, 0.3) is 0 Å². The molecule has 0 saturated heterocycles. The van der Waals surface area contributed by atoms with Crippen molar-refractivity contribution in [2.75, 3.05) is 39.6 Å². The Balaban J connectivity index is 4.70. The van der Waals surface area contributed by atoms with Gasteiger partial charge in [0.05, 0.1) is 26.4 Å². The fourth-order valence-corrected chi connectivity index (χ4v) is 10.8. The SMILES string of the molecule is CC/C=C\C/C=C\C/C=C\C/C=C\C/C=C\C/C=C\CCCCC(=O)OCC(COP(=O)(O)OCC(O)COP(=O)(O)OCC(O)COC(=O)CCCCCCCCC/C=C\C/C=C\C/C=C\C/C=C\CCCCC)OC(=O)CCCCCCC/C=C\CCCCCCCC. The van der Waals surface area contributed by atoms with E-state index in [9.17, 15) is 43.5 Å². The molecule has 0 aliphatic carbocycles. The van der Waals surface area contributed by atoms with Gasteiger partial charge in [-0.05, 0) is 141 Å². The third-order valence-electron chi connectivity index (χ3n) is 14.8. The lowest BCUT2D eigenvalue weighted by Gasteiger charge is -2.21. The number of ether oxygens (including phenoxy) is 3. The highest BCUT2D eigenvalue weighted by atomic mass is 31.2. The molecule has 0 saturated carbocycles. The van der Waals surface area contributed by atoms with Crippen molar-refractivity contribution in [1.29, 1.82) is 0 Å². The molecule has 0 amide bonds. The van der Waals surface area contributed by atoms with E-state index in [0.717, 1.165) is 154 Å². The Morgan fingerprint density at radius 2 is 0.558 bits per heavy atom. The maximum Gasteiger partial charge on any atom is 0.472 e. The first-order chi connectivity index (χ1) is 46.2. The number of carbonyl (C=O) groups is 3. The molecular weight excluding hydrogens is 1240 g/mol. The third-order valence-corrected chi connectivity index (χ3v) is 16.7. The van der Waals surface area contributed by atoms with Gasteiger partial charge in [-0.15, -0.1) is 0 Å². The van der Waals surface area contributed by atoms with Crippen LogP contribution in [0.1, 0.15) is 278 Å².